The van der Waals surface area contributed by atoms with Gasteiger partial charge in [-0.3, -0.25) is 0 Å². The largest absolute Gasteiger partial charge is 0.496 e. The molecule has 0 saturated heterocycles. The van der Waals surface area contributed by atoms with Crippen molar-refractivity contribution in [1.29, 1.82) is 5.53 Å². The van der Waals surface area contributed by atoms with Crippen LogP contribution in [0.15, 0.2) is 41.8 Å². The lowest BCUT2D eigenvalue weighted by atomic mass is 10.0. The molecule has 0 radical (unpaired) electrons. The monoisotopic (exact) mass is 355 g/mol. The zero-order chi connectivity index (χ0) is 19.3. The van der Waals surface area contributed by atoms with Gasteiger partial charge in [-0.1, -0.05) is 6.07 Å². The molecule has 2 aromatic rings. The van der Waals surface area contributed by atoms with Crippen LogP contribution in [0, 0.1) is 5.53 Å². The quantitative estimate of drug-likeness (QED) is 0.563. The number of aromatic nitrogens is 1. The van der Waals surface area contributed by atoms with Gasteiger partial charge in [-0.25, -0.2) is 15.3 Å². The molecule has 8 heteroatoms. The van der Waals surface area contributed by atoms with E-state index < -0.39 is 5.97 Å². The number of anilines is 1. The summed E-state index contributed by atoms with van der Waals surface area (Å²) in [4.78, 5) is 15.4. The highest BCUT2D eigenvalue weighted by atomic mass is 16.5. The maximum absolute atomic E-state index is 11.2. The molecule has 0 amide bonds. The molecule has 1 heterocycles. The zero-order valence-corrected chi connectivity index (χ0v) is 14.8. The van der Waals surface area contributed by atoms with Gasteiger partial charge >= 0.3 is 5.97 Å². The second-order valence-corrected chi connectivity index (χ2v) is 5.84. The van der Waals surface area contributed by atoms with E-state index in [1.165, 1.54) is 13.2 Å². The van der Waals surface area contributed by atoms with Crippen LogP contribution in [0.3, 0.4) is 0 Å². The van der Waals surface area contributed by atoms with Crippen LogP contribution in [0.5, 0.6) is 5.75 Å². The van der Waals surface area contributed by atoms with Crippen molar-refractivity contribution in [3.05, 3.63) is 47.8 Å². The van der Waals surface area contributed by atoms with E-state index in [-0.39, 0.29) is 23.2 Å². The molecule has 8 nitrogen and oxygen atoms in total. The molecule has 0 unspecified atom stereocenters. The number of rotatable bonds is 7. The highest BCUT2D eigenvalue weighted by molar-refractivity contribution is 5.92. The van der Waals surface area contributed by atoms with Gasteiger partial charge < -0.3 is 20.9 Å². The maximum atomic E-state index is 11.2. The van der Waals surface area contributed by atoms with E-state index in [0.717, 1.165) is 0 Å². The summed E-state index contributed by atoms with van der Waals surface area (Å²) < 4.78 is 5.16. The van der Waals surface area contributed by atoms with Gasteiger partial charge in [0.25, 0.3) is 0 Å². The lowest BCUT2D eigenvalue weighted by Crippen LogP contribution is -2.16. The van der Waals surface area contributed by atoms with Crippen molar-refractivity contribution >= 4 is 17.5 Å². The van der Waals surface area contributed by atoms with Crippen LogP contribution in [0.2, 0.25) is 0 Å². The Morgan fingerprint density at radius 3 is 2.65 bits per heavy atom. The van der Waals surface area contributed by atoms with Gasteiger partial charge in [-0.05, 0) is 37.6 Å². The fraction of sp³-hybridized carbons (Fsp3) is 0.222. The van der Waals surface area contributed by atoms with Crippen LogP contribution in [-0.4, -0.2) is 29.2 Å². The molecule has 1 aromatic heterocycles. The van der Waals surface area contributed by atoms with Gasteiger partial charge in [-0.2, -0.15) is 5.11 Å². The summed E-state index contributed by atoms with van der Waals surface area (Å²) in [7, 11) is 1.41. The summed E-state index contributed by atoms with van der Waals surface area (Å²) in [5.41, 5.74) is 15.7. The molecular formula is C18H21N5O3. The summed E-state index contributed by atoms with van der Waals surface area (Å²) >= 11 is 0. The minimum Gasteiger partial charge on any atom is -0.496 e. The Balaban J connectivity index is 2.51. The van der Waals surface area contributed by atoms with Crippen molar-refractivity contribution in [3.63, 3.8) is 0 Å². The summed E-state index contributed by atoms with van der Waals surface area (Å²) in [5.74, 6) is -0.575. The summed E-state index contributed by atoms with van der Waals surface area (Å²) in [6.45, 7) is 3.93. The first-order valence-corrected chi connectivity index (χ1v) is 7.88. The number of pyridine rings is 1. The number of benzene rings is 1. The van der Waals surface area contributed by atoms with Crippen molar-refractivity contribution in [2.45, 2.75) is 19.9 Å². The average molecular weight is 355 g/mol. The third-order valence-corrected chi connectivity index (χ3v) is 3.63. The second-order valence-electron chi connectivity index (χ2n) is 5.84. The molecule has 0 saturated carbocycles. The van der Waals surface area contributed by atoms with E-state index in [4.69, 9.17) is 16.0 Å². The normalized spacial score (nSPS) is 11.3. The van der Waals surface area contributed by atoms with E-state index in [9.17, 15) is 9.90 Å². The number of aromatic carboxylic acids is 1. The molecule has 136 valence electrons. The molecule has 0 atom stereocenters. The van der Waals surface area contributed by atoms with Crippen LogP contribution >= 0.6 is 0 Å². The molecule has 26 heavy (non-hydrogen) atoms. The molecule has 1 aromatic carbocycles. The molecule has 2 rings (SSSR count). The Kier molecular flexibility index (Phi) is 5.90. The smallest absolute Gasteiger partial charge is 0.339 e. The van der Waals surface area contributed by atoms with Crippen LogP contribution in [-0.2, 0) is 0 Å². The van der Waals surface area contributed by atoms with Crippen LogP contribution in [0.1, 0.15) is 29.8 Å². The number of methoxy groups -OCH3 is 1. The SMILES string of the molecule is COc1cc(-c2cnc(N)c(/C(=C/NC(C)C)N=N)c2)ccc1C(=O)O. The van der Waals surface area contributed by atoms with Crippen molar-refractivity contribution < 1.29 is 14.6 Å². The van der Waals surface area contributed by atoms with E-state index >= 15 is 0 Å². The Labute approximate surface area is 151 Å². The standard InChI is InChI=1S/C18H21N5O3/c1-10(2)21-9-15(23-20)14-6-12(8-22-17(14)19)11-4-5-13(18(24)25)16(7-11)26-3/h4-10,20-21H,1-3H3,(H2,19,22)(H,24,25)/b15-9-,23-20?. The van der Waals surface area contributed by atoms with Crippen LogP contribution in [0.4, 0.5) is 5.82 Å². The number of hydrogen-bond donors (Lipinski definition) is 4. The number of carboxylic acids is 1. The molecular weight excluding hydrogens is 334 g/mol. The second kappa shape index (κ2) is 8.11. The first kappa shape index (κ1) is 18.9. The Morgan fingerprint density at radius 1 is 1.35 bits per heavy atom. The fourth-order valence-electron chi connectivity index (χ4n) is 2.30. The molecule has 0 spiro atoms. The van der Waals surface area contributed by atoms with Crippen molar-refractivity contribution in [1.82, 2.24) is 10.3 Å². The maximum Gasteiger partial charge on any atom is 0.339 e. The molecule has 0 aliphatic carbocycles. The number of nitrogens with two attached hydrogens (primary N) is 1. The third-order valence-electron chi connectivity index (χ3n) is 3.63. The minimum atomic E-state index is -1.07. The van der Waals surface area contributed by atoms with Gasteiger partial charge in [-0.15, -0.1) is 0 Å². The van der Waals surface area contributed by atoms with Gasteiger partial charge in [0.1, 0.15) is 22.8 Å². The summed E-state index contributed by atoms with van der Waals surface area (Å²) in [6.07, 6.45) is 3.19. The van der Waals surface area contributed by atoms with E-state index in [1.807, 2.05) is 13.8 Å². The molecule has 0 aliphatic heterocycles. The van der Waals surface area contributed by atoms with Gasteiger partial charge in [0.2, 0.25) is 0 Å². The van der Waals surface area contributed by atoms with Gasteiger partial charge in [0.05, 0.1) is 7.11 Å². The van der Waals surface area contributed by atoms with Crippen LogP contribution < -0.4 is 15.8 Å². The number of nitrogens with zero attached hydrogens (tertiary/aromatic N) is 2. The number of nitrogens with one attached hydrogen (secondary N) is 2. The Bertz CT molecular complexity index is 862. The van der Waals surface area contributed by atoms with E-state index in [2.05, 4.69) is 15.4 Å². The number of nitrogen functional groups attached to an aromatic ring is 1. The van der Waals surface area contributed by atoms with Gasteiger partial charge in [0.15, 0.2) is 0 Å². The van der Waals surface area contributed by atoms with E-state index in [1.54, 1.807) is 30.6 Å². The zero-order valence-electron chi connectivity index (χ0n) is 14.8. The van der Waals surface area contributed by atoms with Gasteiger partial charge in [0, 0.05) is 29.6 Å². The fourth-order valence-corrected chi connectivity index (χ4v) is 2.30. The summed E-state index contributed by atoms with van der Waals surface area (Å²) in [6, 6.07) is 6.68. The lowest BCUT2D eigenvalue weighted by molar-refractivity contribution is 0.0693. The number of hydrogen-bond acceptors (Lipinski definition) is 7. The number of carbonyl (C=O) groups is 1. The number of carboxylic acid groups (broad SMARTS) is 1. The van der Waals surface area contributed by atoms with Crippen molar-refractivity contribution in [3.8, 4) is 16.9 Å². The average Bonchev–Trinajstić information content (AvgIpc) is 2.62. The van der Waals surface area contributed by atoms with E-state index in [0.29, 0.717) is 22.4 Å². The lowest BCUT2D eigenvalue weighted by Gasteiger charge is -2.11. The van der Waals surface area contributed by atoms with Crippen LogP contribution in [0.25, 0.3) is 16.8 Å². The minimum absolute atomic E-state index is 0.0720. The highest BCUT2D eigenvalue weighted by Crippen LogP contribution is 2.30. The topological polar surface area (TPSA) is 134 Å². The molecule has 0 bridgehead atoms. The number of ether oxygens (including phenoxy) is 1. The Hall–Kier alpha value is -3.42. The predicted octanol–water partition coefficient (Wildman–Crippen LogP) is 3.36. The first-order chi connectivity index (χ1) is 12.4. The highest BCUT2D eigenvalue weighted by Gasteiger charge is 2.14. The van der Waals surface area contributed by atoms with Crippen molar-refractivity contribution in [2.75, 3.05) is 12.8 Å². The summed E-state index contributed by atoms with van der Waals surface area (Å²) in [5, 5.41) is 15.8. The van der Waals surface area contributed by atoms with Crippen molar-refractivity contribution in [2.24, 2.45) is 5.11 Å². The Morgan fingerprint density at radius 2 is 2.08 bits per heavy atom. The molecule has 0 aliphatic rings. The predicted molar refractivity (Wildman–Crippen MR) is 99.0 cm³/mol. The molecule has 0 fully saturated rings. The third kappa shape index (κ3) is 4.15. The molecule has 5 N–H and O–H groups in total. The first-order valence-electron chi connectivity index (χ1n) is 7.88.